The molecule has 2 fully saturated rings. The Morgan fingerprint density at radius 3 is 1.50 bits per heavy atom. The summed E-state index contributed by atoms with van der Waals surface area (Å²) >= 11 is 0. The van der Waals surface area contributed by atoms with Gasteiger partial charge in [0.15, 0.2) is 0 Å². The van der Waals surface area contributed by atoms with E-state index in [1.807, 2.05) is 0 Å². The summed E-state index contributed by atoms with van der Waals surface area (Å²) in [5.74, 6) is 0. The molecule has 2 aliphatic rings. The third kappa shape index (κ3) is 5.23. The minimum absolute atomic E-state index is 0.888. The summed E-state index contributed by atoms with van der Waals surface area (Å²) in [6.45, 7) is 9.52. The topological polar surface area (TPSA) is 9.23 Å². The number of hydrogen-bond acceptors (Lipinski definition) is 1. The van der Waals surface area contributed by atoms with Crippen molar-refractivity contribution in [1.29, 1.82) is 0 Å². The maximum atomic E-state index is 5.08. The highest BCUT2D eigenvalue weighted by Gasteiger charge is 2.00. The van der Waals surface area contributed by atoms with E-state index in [0.29, 0.717) is 0 Å². The van der Waals surface area contributed by atoms with Crippen LogP contribution in [0.1, 0.15) is 44.9 Å². The molecular weight excluding hydrogens is 172 g/mol. The van der Waals surface area contributed by atoms with Crippen molar-refractivity contribution in [1.82, 2.24) is 0 Å². The smallest absolute Gasteiger partial charge is 0.0503 e. The molecule has 1 saturated heterocycles. The van der Waals surface area contributed by atoms with Crippen molar-refractivity contribution < 1.29 is 4.74 Å². The maximum Gasteiger partial charge on any atom is 0.0503 e. The standard InChI is InChI=1S/C7H12.C6H10O/c1-7-5-3-2-4-6-7;1-6-2-4-7-5-3-6/h1-6H2;1-5H2. The predicted octanol–water partition coefficient (Wildman–Crippen LogP) is 3.86. The Hall–Kier alpha value is -0.560. The molecule has 1 heterocycles. The molecule has 1 heteroatoms. The van der Waals surface area contributed by atoms with Gasteiger partial charge in [-0.25, -0.2) is 0 Å². The van der Waals surface area contributed by atoms with Crippen LogP contribution in [0.25, 0.3) is 0 Å². The lowest BCUT2D eigenvalue weighted by Gasteiger charge is -2.11. The average molecular weight is 194 g/mol. The molecule has 0 atom stereocenters. The van der Waals surface area contributed by atoms with E-state index in [9.17, 15) is 0 Å². The van der Waals surface area contributed by atoms with E-state index in [-0.39, 0.29) is 0 Å². The summed E-state index contributed by atoms with van der Waals surface area (Å²) in [4.78, 5) is 0. The zero-order valence-electron chi connectivity index (χ0n) is 9.19. The van der Waals surface area contributed by atoms with Crippen LogP contribution in [0.3, 0.4) is 0 Å². The first-order valence-corrected chi connectivity index (χ1v) is 5.70. The van der Waals surface area contributed by atoms with Gasteiger partial charge >= 0.3 is 0 Å². The van der Waals surface area contributed by atoms with Gasteiger partial charge in [-0.2, -0.15) is 0 Å². The molecule has 0 N–H and O–H groups in total. The Morgan fingerprint density at radius 1 is 0.714 bits per heavy atom. The molecule has 0 amide bonds. The summed E-state index contributed by atoms with van der Waals surface area (Å²) in [7, 11) is 0. The largest absolute Gasteiger partial charge is 0.381 e. The number of hydrogen-bond donors (Lipinski definition) is 0. The van der Waals surface area contributed by atoms with Gasteiger partial charge < -0.3 is 4.74 Å². The van der Waals surface area contributed by atoms with Gasteiger partial charge in [-0.05, 0) is 38.5 Å². The second-order valence-electron chi connectivity index (χ2n) is 4.17. The fraction of sp³-hybridized carbons (Fsp3) is 0.692. The molecule has 2 rings (SSSR count). The Kier molecular flexibility index (Phi) is 5.62. The van der Waals surface area contributed by atoms with Crippen LogP contribution in [0.4, 0.5) is 0 Å². The van der Waals surface area contributed by atoms with Gasteiger partial charge in [0.1, 0.15) is 0 Å². The molecule has 1 aliphatic carbocycles. The van der Waals surface area contributed by atoms with E-state index in [0.717, 1.165) is 26.1 Å². The average Bonchev–Trinajstić information content (AvgIpc) is 2.21. The monoisotopic (exact) mass is 194 g/mol. The molecule has 0 radical (unpaired) electrons. The molecule has 80 valence electrons. The van der Waals surface area contributed by atoms with Crippen molar-refractivity contribution in [3.8, 4) is 0 Å². The molecule has 0 bridgehead atoms. The Morgan fingerprint density at radius 2 is 1.21 bits per heavy atom. The molecular formula is C13H22O. The molecule has 1 aliphatic heterocycles. The highest BCUT2D eigenvalue weighted by Crippen LogP contribution is 2.20. The number of rotatable bonds is 0. The van der Waals surface area contributed by atoms with Crippen molar-refractivity contribution >= 4 is 0 Å². The van der Waals surface area contributed by atoms with Crippen LogP contribution in [0, 0.1) is 0 Å². The first kappa shape index (κ1) is 11.5. The lowest BCUT2D eigenvalue weighted by atomic mass is 9.97. The summed E-state index contributed by atoms with van der Waals surface area (Å²) in [6, 6.07) is 0. The van der Waals surface area contributed by atoms with Gasteiger partial charge in [0.2, 0.25) is 0 Å². The molecule has 0 aromatic heterocycles. The van der Waals surface area contributed by atoms with E-state index in [1.165, 1.54) is 43.3 Å². The maximum absolute atomic E-state index is 5.08. The Bertz CT molecular complexity index is 155. The first-order valence-electron chi connectivity index (χ1n) is 5.70. The van der Waals surface area contributed by atoms with Crippen molar-refractivity contribution in [2.75, 3.05) is 13.2 Å². The predicted molar refractivity (Wildman–Crippen MR) is 61.4 cm³/mol. The fourth-order valence-corrected chi connectivity index (χ4v) is 1.71. The van der Waals surface area contributed by atoms with Gasteiger partial charge in [-0.3, -0.25) is 0 Å². The van der Waals surface area contributed by atoms with Gasteiger partial charge in [0.25, 0.3) is 0 Å². The second-order valence-corrected chi connectivity index (χ2v) is 4.17. The molecule has 0 aromatic rings. The molecule has 14 heavy (non-hydrogen) atoms. The second kappa shape index (κ2) is 6.83. The zero-order chi connectivity index (χ0) is 10.2. The highest BCUT2D eigenvalue weighted by atomic mass is 16.5. The van der Waals surface area contributed by atoms with Crippen LogP contribution in [0.5, 0.6) is 0 Å². The molecule has 0 aromatic carbocycles. The zero-order valence-corrected chi connectivity index (χ0v) is 9.19. The van der Waals surface area contributed by atoms with Crippen LogP contribution < -0.4 is 0 Å². The number of allylic oxidation sites excluding steroid dienone is 1. The van der Waals surface area contributed by atoms with Crippen molar-refractivity contribution in [2.24, 2.45) is 0 Å². The Balaban J connectivity index is 0.000000140. The molecule has 1 nitrogen and oxygen atoms in total. The van der Waals surface area contributed by atoms with Gasteiger partial charge in [-0.1, -0.05) is 30.7 Å². The van der Waals surface area contributed by atoms with E-state index in [4.69, 9.17) is 4.74 Å². The molecule has 0 unspecified atom stereocenters. The first-order chi connectivity index (χ1) is 6.79. The Labute approximate surface area is 87.8 Å². The van der Waals surface area contributed by atoms with Crippen LogP contribution in [-0.2, 0) is 4.74 Å². The SMILES string of the molecule is C=C1CCCCC1.C=C1CCOCC1. The van der Waals surface area contributed by atoms with Crippen LogP contribution in [0.2, 0.25) is 0 Å². The quantitative estimate of drug-likeness (QED) is 0.532. The summed E-state index contributed by atoms with van der Waals surface area (Å²) in [5, 5.41) is 0. The normalized spacial score (nSPS) is 22.6. The minimum atomic E-state index is 0.888. The van der Waals surface area contributed by atoms with Gasteiger partial charge in [0, 0.05) is 0 Å². The highest BCUT2D eigenvalue weighted by molar-refractivity contribution is 4.96. The van der Waals surface area contributed by atoms with Gasteiger partial charge in [-0.15, -0.1) is 0 Å². The lowest BCUT2D eigenvalue weighted by molar-refractivity contribution is 0.119. The van der Waals surface area contributed by atoms with E-state index in [2.05, 4.69) is 13.2 Å². The summed E-state index contributed by atoms with van der Waals surface area (Å²) in [5.41, 5.74) is 2.80. The summed E-state index contributed by atoms with van der Waals surface area (Å²) in [6.07, 6.45) is 8.93. The van der Waals surface area contributed by atoms with Crippen molar-refractivity contribution in [3.63, 3.8) is 0 Å². The molecule has 1 saturated carbocycles. The third-order valence-electron chi connectivity index (χ3n) is 2.76. The number of ether oxygens (including phenoxy) is 1. The van der Waals surface area contributed by atoms with Crippen molar-refractivity contribution in [2.45, 2.75) is 44.9 Å². The minimum Gasteiger partial charge on any atom is -0.381 e. The van der Waals surface area contributed by atoms with Crippen LogP contribution >= 0.6 is 0 Å². The van der Waals surface area contributed by atoms with E-state index in [1.54, 1.807) is 0 Å². The van der Waals surface area contributed by atoms with Crippen LogP contribution in [0.15, 0.2) is 24.3 Å². The van der Waals surface area contributed by atoms with Gasteiger partial charge in [0.05, 0.1) is 13.2 Å². The third-order valence-corrected chi connectivity index (χ3v) is 2.76. The van der Waals surface area contributed by atoms with E-state index < -0.39 is 0 Å². The molecule has 0 spiro atoms. The van der Waals surface area contributed by atoms with Crippen molar-refractivity contribution in [3.05, 3.63) is 24.3 Å². The summed E-state index contributed by atoms with van der Waals surface area (Å²) < 4.78 is 5.08. The lowest BCUT2D eigenvalue weighted by Crippen LogP contribution is -2.05. The fourth-order valence-electron chi connectivity index (χ4n) is 1.71. The van der Waals surface area contributed by atoms with Crippen LogP contribution in [-0.4, -0.2) is 13.2 Å². The van der Waals surface area contributed by atoms with E-state index >= 15 is 0 Å².